The number of hydrogen-bond acceptors (Lipinski definition) is 4. The van der Waals surface area contributed by atoms with Crippen molar-refractivity contribution in [2.24, 2.45) is 0 Å². The molecule has 0 bridgehead atoms. The topological polar surface area (TPSA) is 84.4 Å². The monoisotopic (exact) mass is 260 g/mol. The van der Waals surface area contributed by atoms with Crippen LogP contribution < -0.4 is 10.6 Å². The second kappa shape index (κ2) is 5.43. The predicted molar refractivity (Wildman–Crippen MR) is 73.3 cm³/mol. The number of anilines is 2. The van der Waals surface area contributed by atoms with E-state index in [1.807, 2.05) is 24.2 Å². The minimum Gasteiger partial charge on any atom is -0.478 e. The van der Waals surface area contributed by atoms with Crippen molar-refractivity contribution in [1.82, 2.24) is 9.78 Å². The average molecular weight is 260 g/mol. The molecule has 6 heteroatoms. The molecule has 2 rings (SSSR count). The largest absolute Gasteiger partial charge is 0.478 e. The highest BCUT2D eigenvalue weighted by Gasteiger charge is 2.13. The molecule has 0 unspecified atom stereocenters. The number of nitrogen functional groups attached to an aromatic ring is 1. The van der Waals surface area contributed by atoms with E-state index in [0.717, 1.165) is 0 Å². The Morgan fingerprint density at radius 1 is 1.53 bits per heavy atom. The quantitative estimate of drug-likeness (QED) is 0.791. The summed E-state index contributed by atoms with van der Waals surface area (Å²) in [5.74, 6) is -0.978. The normalized spacial score (nSPS) is 10.4. The zero-order valence-electron chi connectivity index (χ0n) is 10.7. The molecule has 1 heterocycles. The van der Waals surface area contributed by atoms with Gasteiger partial charge in [0.1, 0.15) is 0 Å². The van der Waals surface area contributed by atoms with Crippen molar-refractivity contribution >= 4 is 17.3 Å². The number of rotatable bonds is 5. The van der Waals surface area contributed by atoms with Gasteiger partial charge in [0.25, 0.3) is 0 Å². The molecule has 3 N–H and O–H groups in total. The average Bonchev–Trinajstić information content (AvgIpc) is 2.88. The molecule has 0 aliphatic rings. The van der Waals surface area contributed by atoms with Gasteiger partial charge in [-0.2, -0.15) is 5.10 Å². The van der Waals surface area contributed by atoms with Crippen molar-refractivity contribution in [2.45, 2.75) is 6.54 Å². The molecule has 1 aromatic heterocycles. The minimum absolute atomic E-state index is 0.211. The van der Waals surface area contributed by atoms with Gasteiger partial charge in [-0.1, -0.05) is 0 Å². The molecule has 19 heavy (non-hydrogen) atoms. The zero-order valence-corrected chi connectivity index (χ0v) is 10.7. The van der Waals surface area contributed by atoms with Gasteiger partial charge < -0.3 is 15.7 Å². The zero-order chi connectivity index (χ0) is 13.8. The minimum atomic E-state index is -0.978. The van der Waals surface area contributed by atoms with E-state index in [1.54, 1.807) is 23.0 Å². The molecular formula is C13H16N4O2. The standard InChI is InChI=1S/C13H16N4O2/c1-16(7-8-17-6-2-5-15-17)12-4-3-10(14)9-11(12)13(18)19/h2-6,9H,7-8,14H2,1H3,(H,18,19). The Labute approximate surface area is 111 Å². The van der Waals surface area contributed by atoms with Gasteiger partial charge >= 0.3 is 5.97 Å². The first-order valence-electron chi connectivity index (χ1n) is 5.89. The summed E-state index contributed by atoms with van der Waals surface area (Å²) in [4.78, 5) is 13.1. The summed E-state index contributed by atoms with van der Waals surface area (Å²) < 4.78 is 1.80. The van der Waals surface area contributed by atoms with Crippen LogP contribution >= 0.6 is 0 Å². The van der Waals surface area contributed by atoms with Crippen LogP contribution in [0.3, 0.4) is 0 Å². The van der Waals surface area contributed by atoms with Crippen molar-refractivity contribution in [2.75, 3.05) is 24.2 Å². The Morgan fingerprint density at radius 2 is 2.32 bits per heavy atom. The molecule has 6 nitrogen and oxygen atoms in total. The Balaban J connectivity index is 2.14. The molecule has 2 aromatic rings. The fourth-order valence-electron chi connectivity index (χ4n) is 1.86. The Bertz CT molecular complexity index is 566. The number of hydrogen-bond donors (Lipinski definition) is 2. The van der Waals surface area contributed by atoms with Gasteiger partial charge in [0.2, 0.25) is 0 Å². The van der Waals surface area contributed by atoms with Crippen molar-refractivity contribution in [3.63, 3.8) is 0 Å². The van der Waals surface area contributed by atoms with Crippen molar-refractivity contribution < 1.29 is 9.90 Å². The first kappa shape index (κ1) is 12.9. The summed E-state index contributed by atoms with van der Waals surface area (Å²) in [6.45, 7) is 1.35. The molecule has 0 atom stereocenters. The van der Waals surface area contributed by atoms with Crippen LogP contribution in [0.25, 0.3) is 0 Å². The fourth-order valence-corrected chi connectivity index (χ4v) is 1.86. The number of likely N-dealkylation sites (N-methyl/N-ethyl adjacent to an activating group) is 1. The summed E-state index contributed by atoms with van der Waals surface area (Å²) >= 11 is 0. The number of carbonyl (C=O) groups is 1. The summed E-state index contributed by atoms with van der Waals surface area (Å²) in [6.07, 6.45) is 3.58. The molecular weight excluding hydrogens is 244 g/mol. The number of nitrogens with zero attached hydrogens (tertiary/aromatic N) is 3. The van der Waals surface area contributed by atoms with Crippen LogP contribution in [0, 0.1) is 0 Å². The highest BCUT2D eigenvalue weighted by molar-refractivity contribution is 5.95. The van der Waals surface area contributed by atoms with E-state index in [0.29, 0.717) is 24.5 Å². The van der Waals surface area contributed by atoms with Crippen LogP contribution in [-0.4, -0.2) is 34.4 Å². The fraction of sp³-hybridized carbons (Fsp3) is 0.231. The van der Waals surface area contributed by atoms with Crippen LogP contribution in [0.4, 0.5) is 11.4 Å². The third-order valence-electron chi connectivity index (χ3n) is 2.89. The van der Waals surface area contributed by atoms with E-state index in [-0.39, 0.29) is 5.56 Å². The number of carboxylic acid groups (broad SMARTS) is 1. The molecule has 0 radical (unpaired) electrons. The summed E-state index contributed by atoms with van der Waals surface area (Å²) in [7, 11) is 1.85. The highest BCUT2D eigenvalue weighted by Crippen LogP contribution is 2.22. The number of carboxylic acids is 1. The summed E-state index contributed by atoms with van der Waals surface area (Å²) in [6, 6.07) is 6.75. The van der Waals surface area contributed by atoms with Crippen LogP contribution in [0.15, 0.2) is 36.7 Å². The van der Waals surface area contributed by atoms with Crippen molar-refractivity contribution in [3.8, 4) is 0 Å². The van der Waals surface area contributed by atoms with Crippen molar-refractivity contribution in [3.05, 3.63) is 42.2 Å². The molecule has 0 saturated heterocycles. The number of benzene rings is 1. The Kier molecular flexibility index (Phi) is 3.70. The maximum Gasteiger partial charge on any atom is 0.337 e. The lowest BCUT2D eigenvalue weighted by molar-refractivity contribution is 0.0697. The van der Waals surface area contributed by atoms with E-state index >= 15 is 0 Å². The van der Waals surface area contributed by atoms with E-state index < -0.39 is 5.97 Å². The number of nitrogens with two attached hydrogens (primary N) is 1. The maximum atomic E-state index is 11.2. The third kappa shape index (κ3) is 3.04. The smallest absolute Gasteiger partial charge is 0.337 e. The van der Waals surface area contributed by atoms with E-state index in [4.69, 9.17) is 5.73 Å². The second-order valence-electron chi connectivity index (χ2n) is 4.27. The lowest BCUT2D eigenvalue weighted by atomic mass is 10.1. The molecule has 0 spiro atoms. The molecule has 0 aliphatic heterocycles. The van der Waals surface area contributed by atoms with Gasteiger partial charge in [-0.05, 0) is 24.3 Å². The van der Waals surface area contributed by atoms with Crippen molar-refractivity contribution in [1.29, 1.82) is 0 Å². The van der Waals surface area contributed by atoms with E-state index in [2.05, 4.69) is 5.10 Å². The van der Waals surface area contributed by atoms with Crippen LogP contribution in [-0.2, 0) is 6.54 Å². The van der Waals surface area contributed by atoms with Gasteiger partial charge in [0.15, 0.2) is 0 Å². The highest BCUT2D eigenvalue weighted by atomic mass is 16.4. The van der Waals surface area contributed by atoms with Gasteiger partial charge in [-0.3, -0.25) is 4.68 Å². The lowest BCUT2D eigenvalue weighted by Gasteiger charge is -2.21. The molecule has 100 valence electrons. The SMILES string of the molecule is CN(CCn1cccn1)c1ccc(N)cc1C(=O)O. The molecule has 1 aromatic carbocycles. The Morgan fingerprint density at radius 3 is 2.95 bits per heavy atom. The summed E-state index contributed by atoms with van der Waals surface area (Å²) in [5.41, 5.74) is 6.92. The van der Waals surface area contributed by atoms with E-state index in [9.17, 15) is 9.90 Å². The van der Waals surface area contributed by atoms with Gasteiger partial charge in [-0.25, -0.2) is 4.79 Å². The van der Waals surface area contributed by atoms with Gasteiger partial charge in [0.05, 0.1) is 17.8 Å². The lowest BCUT2D eigenvalue weighted by Crippen LogP contribution is -2.24. The van der Waals surface area contributed by atoms with Crippen LogP contribution in [0.1, 0.15) is 10.4 Å². The molecule has 0 saturated carbocycles. The molecule has 0 amide bonds. The predicted octanol–water partition coefficient (Wildman–Crippen LogP) is 1.30. The molecule has 0 fully saturated rings. The molecule has 0 aliphatic carbocycles. The number of aromatic nitrogens is 2. The number of aromatic carboxylic acids is 1. The van der Waals surface area contributed by atoms with Crippen LogP contribution in [0.5, 0.6) is 0 Å². The first-order valence-corrected chi connectivity index (χ1v) is 5.89. The van der Waals surface area contributed by atoms with E-state index in [1.165, 1.54) is 6.07 Å². The third-order valence-corrected chi connectivity index (χ3v) is 2.89. The summed E-state index contributed by atoms with van der Waals surface area (Å²) in [5, 5.41) is 13.3. The van der Waals surface area contributed by atoms with Gasteiger partial charge in [-0.15, -0.1) is 0 Å². The first-order chi connectivity index (χ1) is 9.08. The second-order valence-corrected chi connectivity index (χ2v) is 4.27. The van der Waals surface area contributed by atoms with Gasteiger partial charge in [0, 0.05) is 31.7 Å². The maximum absolute atomic E-state index is 11.2. The van der Waals surface area contributed by atoms with Crippen LogP contribution in [0.2, 0.25) is 0 Å². The Hall–Kier alpha value is -2.50.